The van der Waals surface area contributed by atoms with Crippen molar-refractivity contribution in [1.82, 2.24) is 0 Å². The summed E-state index contributed by atoms with van der Waals surface area (Å²) in [4.78, 5) is 25.8. The summed E-state index contributed by atoms with van der Waals surface area (Å²) in [5, 5.41) is 0. The molecule has 0 spiro atoms. The van der Waals surface area contributed by atoms with Gasteiger partial charge >= 0.3 is 11.9 Å². The fraction of sp³-hybridized carbons (Fsp3) is 0.231. The van der Waals surface area contributed by atoms with E-state index in [0.717, 1.165) is 28.2 Å². The molecule has 0 fully saturated rings. The van der Waals surface area contributed by atoms with Crippen LogP contribution in [0, 0.1) is 0 Å². The molecular formula is C39H39NO4. The van der Waals surface area contributed by atoms with Crippen molar-refractivity contribution in [2.24, 2.45) is 0 Å². The predicted octanol–water partition coefficient (Wildman–Crippen LogP) is 8.79. The normalized spacial score (nSPS) is 12.5. The van der Waals surface area contributed by atoms with E-state index in [1.54, 1.807) is 13.8 Å². The van der Waals surface area contributed by atoms with Crippen LogP contribution in [-0.2, 0) is 37.3 Å². The number of hydrogen-bond donors (Lipinski definition) is 0. The first-order valence-corrected chi connectivity index (χ1v) is 14.9. The van der Waals surface area contributed by atoms with Crippen molar-refractivity contribution in [1.29, 1.82) is 0 Å². The first-order chi connectivity index (χ1) is 21.1. The third kappa shape index (κ3) is 6.37. The summed E-state index contributed by atoms with van der Waals surface area (Å²) in [6.45, 7) is 15.8. The van der Waals surface area contributed by atoms with E-state index in [-0.39, 0.29) is 17.4 Å². The van der Waals surface area contributed by atoms with Gasteiger partial charge in [-0.05, 0) is 83.6 Å². The number of benzene rings is 4. The average molecular weight is 586 g/mol. The minimum Gasteiger partial charge on any atom is -0.462 e. The van der Waals surface area contributed by atoms with E-state index in [1.807, 2.05) is 0 Å². The van der Waals surface area contributed by atoms with Crippen molar-refractivity contribution in [3.8, 4) is 11.1 Å². The Hall–Kier alpha value is -4.90. The Morgan fingerprint density at radius 3 is 1.59 bits per heavy atom. The van der Waals surface area contributed by atoms with Crippen molar-refractivity contribution < 1.29 is 19.1 Å². The molecule has 5 nitrogen and oxygen atoms in total. The summed E-state index contributed by atoms with van der Waals surface area (Å²) in [7, 11) is 0. The Morgan fingerprint density at radius 2 is 1.09 bits per heavy atom. The smallest absolute Gasteiger partial charge is 0.333 e. The molecule has 0 saturated heterocycles. The highest BCUT2D eigenvalue weighted by molar-refractivity contribution is 5.87. The summed E-state index contributed by atoms with van der Waals surface area (Å²) in [6, 6.07) is 32.1. The maximum absolute atomic E-state index is 11.8. The summed E-state index contributed by atoms with van der Waals surface area (Å²) in [5.74, 6) is -0.737. The summed E-state index contributed by atoms with van der Waals surface area (Å²) >= 11 is 0. The van der Waals surface area contributed by atoms with Crippen LogP contribution >= 0.6 is 0 Å². The van der Waals surface area contributed by atoms with Gasteiger partial charge in [0.2, 0.25) is 0 Å². The highest BCUT2D eigenvalue weighted by atomic mass is 16.5. The Balaban J connectivity index is 1.45. The number of ether oxygens (including phenoxy) is 2. The number of rotatable bonds is 11. The van der Waals surface area contributed by atoms with E-state index in [2.05, 4.69) is 123 Å². The molecule has 0 bridgehead atoms. The van der Waals surface area contributed by atoms with Gasteiger partial charge in [-0.3, -0.25) is 0 Å². The van der Waals surface area contributed by atoms with Crippen molar-refractivity contribution in [3.05, 3.63) is 138 Å². The lowest BCUT2D eigenvalue weighted by molar-refractivity contribution is -0.139. The predicted molar refractivity (Wildman–Crippen MR) is 178 cm³/mol. The van der Waals surface area contributed by atoms with Crippen LogP contribution in [0.1, 0.15) is 49.9 Å². The Kier molecular flexibility index (Phi) is 8.86. The standard InChI is InChI=1S/C39H39NO4/c1-26(2)37(41)43-23-21-28-11-15-30(16-12-28)40(31-17-13-29(14-18-31)22-24-44-38(42)27(3)4)32-19-20-34-33-9-7-8-10-35(33)39(5,6)36(34)25-32/h7-20,25H,1,3,21-24H2,2,4-6H3. The van der Waals surface area contributed by atoms with E-state index in [4.69, 9.17) is 9.47 Å². The van der Waals surface area contributed by atoms with E-state index in [0.29, 0.717) is 37.2 Å². The van der Waals surface area contributed by atoms with Gasteiger partial charge in [-0.1, -0.05) is 81.6 Å². The van der Waals surface area contributed by atoms with Gasteiger partial charge in [0.15, 0.2) is 0 Å². The number of anilines is 3. The van der Waals surface area contributed by atoms with Gasteiger partial charge in [-0.25, -0.2) is 9.59 Å². The van der Waals surface area contributed by atoms with Crippen molar-refractivity contribution in [2.75, 3.05) is 18.1 Å². The number of esters is 2. The molecule has 0 N–H and O–H groups in total. The number of fused-ring (bicyclic) bond motifs is 3. The molecule has 4 aromatic rings. The van der Waals surface area contributed by atoms with E-state index >= 15 is 0 Å². The SMILES string of the molecule is C=C(C)C(=O)OCCc1ccc(N(c2ccc(CCOC(=O)C(=C)C)cc2)c2ccc3c(c2)C(C)(C)c2ccccc2-3)cc1. The molecule has 0 aliphatic heterocycles. The largest absolute Gasteiger partial charge is 0.462 e. The molecule has 5 rings (SSSR count). The summed E-state index contributed by atoms with van der Waals surface area (Å²) in [5.41, 5.74) is 11.1. The third-order valence-electron chi connectivity index (χ3n) is 8.16. The van der Waals surface area contributed by atoms with Crippen LogP contribution < -0.4 is 4.90 Å². The molecule has 1 aliphatic carbocycles. The van der Waals surface area contributed by atoms with Gasteiger partial charge in [0.05, 0.1) is 13.2 Å². The molecule has 0 aromatic heterocycles. The van der Waals surface area contributed by atoms with Crippen LogP contribution in [0.2, 0.25) is 0 Å². The number of carbonyl (C=O) groups excluding carboxylic acids is 2. The van der Waals surface area contributed by atoms with E-state index in [1.165, 1.54) is 22.3 Å². The van der Waals surface area contributed by atoms with Gasteiger partial charge in [-0.15, -0.1) is 0 Å². The Bertz CT molecular complexity index is 1640. The lowest BCUT2D eigenvalue weighted by Crippen LogP contribution is -2.16. The molecule has 44 heavy (non-hydrogen) atoms. The van der Waals surface area contributed by atoms with Crippen molar-refractivity contribution >= 4 is 29.0 Å². The molecule has 0 radical (unpaired) electrons. The van der Waals surface area contributed by atoms with E-state index in [9.17, 15) is 9.59 Å². The molecule has 0 unspecified atom stereocenters. The Labute approximate surface area is 260 Å². The maximum atomic E-state index is 11.8. The summed E-state index contributed by atoms with van der Waals surface area (Å²) < 4.78 is 10.6. The van der Waals surface area contributed by atoms with Crippen LogP contribution in [0.4, 0.5) is 17.1 Å². The van der Waals surface area contributed by atoms with E-state index < -0.39 is 0 Å². The molecule has 0 heterocycles. The number of hydrogen-bond acceptors (Lipinski definition) is 5. The zero-order valence-electron chi connectivity index (χ0n) is 26.0. The van der Waals surface area contributed by atoms with Crippen LogP contribution in [0.5, 0.6) is 0 Å². The average Bonchev–Trinajstić information content (AvgIpc) is 3.24. The van der Waals surface area contributed by atoms with Crippen molar-refractivity contribution in [3.63, 3.8) is 0 Å². The second-order valence-corrected chi connectivity index (χ2v) is 11.9. The number of carbonyl (C=O) groups is 2. The lowest BCUT2D eigenvalue weighted by atomic mass is 9.82. The van der Waals surface area contributed by atoms with Crippen LogP contribution in [0.15, 0.2) is 115 Å². The van der Waals surface area contributed by atoms with Gasteiger partial charge in [-0.2, -0.15) is 0 Å². The van der Waals surface area contributed by atoms with Gasteiger partial charge in [0, 0.05) is 46.5 Å². The lowest BCUT2D eigenvalue weighted by Gasteiger charge is -2.28. The van der Waals surface area contributed by atoms with Gasteiger partial charge in [0.1, 0.15) is 0 Å². The highest BCUT2D eigenvalue weighted by Gasteiger charge is 2.35. The van der Waals surface area contributed by atoms with Crippen LogP contribution in [0.3, 0.4) is 0 Å². The Morgan fingerprint density at radius 1 is 0.636 bits per heavy atom. The minimum atomic E-state index is -0.369. The fourth-order valence-electron chi connectivity index (χ4n) is 5.67. The minimum absolute atomic E-state index is 0.121. The molecule has 5 heteroatoms. The summed E-state index contributed by atoms with van der Waals surface area (Å²) in [6.07, 6.45) is 1.24. The topological polar surface area (TPSA) is 55.8 Å². The first-order valence-electron chi connectivity index (χ1n) is 14.9. The number of nitrogens with zero attached hydrogens (tertiary/aromatic N) is 1. The van der Waals surface area contributed by atoms with Crippen LogP contribution in [-0.4, -0.2) is 25.2 Å². The monoisotopic (exact) mass is 585 g/mol. The zero-order valence-corrected chi connectivity index (χ0v) is 26.0. The van der Waals surface area contributed by atoms with Crippen molar-refractivity contribution in [2.45, 2.75) is 46.0 Å². The third-order valence-corrected chi connectivity index (χ3v) is 8.16. The fourth-order valence-corrected chi connectivity index (χ4v) is 5.67. The van der Waals surface area contributed by atoms with Crippen LogP contribution in [0.25, 0.3) is 11.1 Å². The maximum Gasteiger partial charge on any atom is 0.333 e. The highest BCUT2D eigenvalue weighted by Crippen LogP contribution is 2.50. The molecule has 224 valence electrons. The second kappa shape index (κ2) is 12.8. The molecule has 0 amide bonds. The second-order valence-electron chi connectivity index (χ2n) is 11.9. The zero-order chi connectivity index (χ0) is 31.4. The first kappa shape index (κ1) is 30.6. The quantitative estimate of drug-likeness (QED) is 0.130. The molecule has 1 aliphatic rings. The molecule has 0 atom stereocenters. The molecule has 0 saturated carbocycles. The van der Waals surface area contributed by atoms with Gasteiger partial charge in [0.25, 0.3) is 0 Å². The molecular weight excluding hydrogens is 546 g/mol. The molecule has 4 aromatic carbocycles. The van der Waals surface area contributed by atoms with Gasteiger partial charge < -0.3 is 14.4 Å².